The van der Waals surface area contributed by atoms with Crippen molar-refractivity contribution in [2.45, 2.75) is 29.8 Å². The van der Waals surface area contributed by atoms with Crippen molar-refractivity contribution in [1.82, 2.24) is 9.78 Å². The van der Waals surface area contributed by atoms with E-state index in [1.807, 2.05) is 7.05 Å². The molecule has 20 heavy (non-hydrogen) atoms. The summed E-state index contributed by atoms with van der Waals surface area (Å²) in [4.78, 5) is 4.32. The van der Waals surface area contributed by atoms with Gasteiger partial charge in [0.05, 0.1) is 6.61 Å². The first-order valence-corrected chi connectivity index (χ1v) is 7.10. The number of amidine groups is 1. The molecule has 2 aliphatic heterocycles. The molecule has 1 aromatic heterocycles. The van der Waals surface area contributed by atoms with Crippen molar-refractivity contribution in [2.75, 3.05) is 11.9 Å². The molecule has 8 nitrogen and oxygen atoms in total. The smallest absolute Gasteiger partial charge is 0.165 e. The Morgan fingerprint density at radius 2 is 2.25 bits per heavy atom. The number of hydrogen-bond acceptors (Lipinski definition) is 8. The summed E-state index contributed by atoms with van der Waals surface area (Å²) in [6, 6.07) is 1.25. The number of aromatic nitrogens is 2. The van der Waals surface area contributed by atoms with Crippen LogP contribution in [0.4, 0.5) is 5.82 Å². The molecule has 0 spiro atoms. The van der Waals surface area contributed by atoms with Crippen molar-refractivity contribution in [1.29, 1.82) is 0 Å². The quantitative estimate of drug-likeness (QED) is 0.539. The largest absolute Gasteiger partial charge is 0.394 e. The average molecular weight is 300 g/mol. The van der Waals surface area contributed by atoms with Crippen molar-refractivity contribution >= 4 is 22.7 Å². The average Bonchev–Trinajstić information content (AvgIpc) is 3.00. The lowest BCUT2D eigenvalue weighted by molar-refractivity contribution is -0.164. The molecule has 0 amide bonds. The van der Waals surface area contributed by atoms with Gasteiger partial charge in [0.15, 0.2) is 11.0 Å². The van der Waals surface area contributed by atoms with Crippen molar-refractivity contribution in [2.24, 2.45) is 12.0 Å². The van der Waals surface area contributed by atoms with E-state index < -0.39 is 29.8 Å². The maximum absolute atomic E-state index is 10.0. The second kappa shape index (κ2) is 5.34. The number of nitrogens with one attached hydrogen (secondary N) is 1. The fraction of sp³-hybridized carbons (Fsp3) is 0.636. The molecule has 3 heterocycles. The number of ether oxygens (including phenoxy) is 1. The number of aliphatic hydroxyl groups excluding tert-OH is 3. The van der Waals surface area contributed by atoms with E-state index in [4.69, 9.17) is 9.84 Å². The molecule has 1 aromatic rings. The summed E-state index contributed by atoms with van der Waals surface area (Å²) in [6.07, 6.45) is -1.18. The first-order chi connectivity index (χ1) is 9.58. The van der Waals surface area contributed by atoms with Crippen LogP contribution < -0.4 is 5.32 Å². The minimum Gasteiger partial charge on any atom is -0.394 e. The minimum absolute atomic E-state index is 0.342. The SMILES string of the molecule is Cn1ccc(NC2=N[C@@H]3[C@@H](O)[C@H](O)[C@@H](CO)O[C@@H]3S2)n1. The Morgan fingerprint density at radius 3 is 2.90 bits per heavy atom. The maximum Gasteiger partial charge on any atom is 0.165 e. The molecule has 0 radical (unpaired) electrons. The lowest BCUT2D eigenvalue weighted by Crippen LogP contribution is -2.55. The molecule has 5 atom stereocenters. The van der Waals surface area contributed by atoms with Gasteiger partial charge in [-0.1, -0.05) is 11.8 Å². The van der Waals surface area contributed by atoms with Crippen molar-refractivity contribution in [3.05, 3.63) is 12.3 Å². The summed E-state index contributed by atoms with van der Waals surface area (Å²) in [5, 5.41) is 36.8. The Hall–Kier alpha value is -1.13. The van der Waals surface area contributed by atoms with Gasteiger partial charge in [-0.2, -0.15) is 5.10 Å². The van der Waals surface area contributed by atoms with Crippen molar-refractivity contribution in [3.63, 3.8) is 0 Å². The minimum atomic E-state index is -1.14. The van der Waals surface area contributed by atoms with Gasteiger partial charge in [0.1, 0.15) is 29.8 Å². The van der Waals surface area contributed by atoms with E-state index >= 15 is 0 Å². The highest BCUT2D eigenvalue weighted by molar-refractivity contribution is 8.14. The fourth-order valence-electron chi connectivity index (χ4n) is 2.23. The van der Waals surface area contributed by atoms with Crippen molar-refractivity contribution < 1.29 is 20.1 Å². The highest BCUT2D eigenvalue weighted by Gasteiger charge is 2.48. The van der Waals surface area contributed by atoms with E-state index in [0.29, 0.717) is 11.0 Å². The van der Waals surface area contributed by atoms with E-state index in [1.165, 1.54) is 11.8 Å². The molecule has 110 valence electrons. The highest BCUT2D eigenvalue weighted by atomic mass is 32.2. The molecule has 0 unspecified atom stereocenters. The zero-order valence-electron chi connectivity index (χ0n) is 10.7. The van der Waals surface area contributed by atoms with Gasteiger partial charge in [-0.3, -0.25) is 9.67 Å². The maximum atomic E-state index is 10.0. The molecule has 0 aromatic carbocycles. The third-order valence-corrected chi connectivity index (χ3v) is 4.34. The number of thioether (sulfide) groups is 1. The number of fused-ring (bicyclic) bond motifs is 1. The van der Waals surface area contributed by atoms with Crippen LogP contribution in [0.3, 0.4) is 0 Å². The Kier molecular flexibility index (Phi) is 3.69. The fourth-order valence-corrected chi connectivity index (χ4v) is 3.36. The van der Waals surface area contributed by atoms with Crippen LogP contribution in [0.5, 0.6) is 0 Å². The highest BCUT2D eigenvalue weighted by Crippen LogP contribution is 2.36. The van der Waals surface area contributed by atoms with Gasteiger partial charge in [-0.25, -0.2) is 0 Å². The van der Waals surface area contributed by atoms with Gasteiger partial charge in [0.25, 0.3) is 0 Å². The Bertz CT molecular complexity index is 522. The second-order valence-corrected chi connectivity index (χ2v) is 5.84. The molecule has 1 fully saturated rings. The van der Waals surface area contributed by atoms with E-state index in [1.54, 1.807) is 16.9 Å². The number of hydrogen-bond donors (Lipinski definition) is 4. The molecule has 1 saturated heterocycles. The molecular weight excluding hydrogens is 284 g/mol. The molecule has 0 bridgehead atoms. The van der Waals surface area contributed by atoms with Crippen LogP contribution in [0.1, 0.15) is 0 Å². The number of aryl methyl sites for hydroxylation is 1. The Balaban J connectivity index is 1.72. The zero-order valence-corrected chi connectivity index (χ0v) is 11.6. The summed E-state index contributed by atoms with van der Waals surface area (Å²) in [5.41, 5.74) is -0.420. The first-order valence-electron chi connectivity index (χ1n) is 6.22. The lowest BCUT2D eigenvalue weighted by Gasteiger charge is -2.37. The molecule has 0 saturated carbocycles. The number of nitrogens with zero attached hydrogens (tertiary/aromatic N) is 3. The van der Waals surface area contributed by atoms with Gasteiger partial charge in [-0.15, -0.1) is 0 Å². The van der Waals surface area contributed by atoms with Crippen LogP contribution in [0.25, 0.3) is 0 Å². The number of aliphatic imine (C=N–C) groups is 1. The summed E-state index contributed by atoms with van der Waals surface area (Å²) in [7, 11) is 1.81. The molecule has 3 rings (SSSR count). The molecule has 2 aliphatic rings. The van der Waals surface area contributed by atoms with Crippen LogP contribution in [0.15, 0.2) is 17.3 Å². The van der Waals surface area contributed by atoms with Crippen LogP contribution in [0.2, 0.25) is 0 Å². The van der Waals surface area contributed by atoms with E-state index in [0.717, 1.165) is 0 Å². The third kappa shape index (κ3) is 2.42. The predicted molar refractivity (Wildman–Crippen MR) is 73.4 cm³/mol. The Morgan fingerprint density at radius 1 is 1.45 bits per heavy atom. The van der Waals surface area contributed by atoms with Crippen LogP contribution in [0, 0.1) is 0 Å². The van der Waals surface area contributed by atoms with E-state index in [9.17, 15) is 10.2 Å². The van der Waals surface area contributed by atoms with Gasteiger partial charge in [-0.05, 0) is 0 Å². The molecule has 0 aliphatic carbocycles. The molecule has 4 N–H and O–H groups in total. The topological polar surface area (TPSA) is 112 Å². The van der Waals surface area contributed by atoms with Crippen LogP contribution in [-0.4, -0.2) is 66.7 Å². The van der Waals surface area contributed by atoms with E-state index in [-0.39, 0.29) is 6.61 Å². The van der Waals surface area contributed by atoms with Crippen molar-refractivity contribution in [3.8, 4) is 0 Å². The first kappa shape index (κ1) is 13.8. The predicted octanol–water partition coefficient (Wildman–Crippen LogP) is -1.26. The summed E-state index contributed by atoms with van der Waals surface area (Å²) in [5.74, 6) is 0.645. The summed E-state index contributed by atoms with van der Waals surface area (Å²) >= 11 is 1.31. The normalized spacial score (nSPS) is 36.6. The molecular formula is C11H16N4O4S. The number of rotatable bonds is 2. The van der Waals surface area contributed by atoms with Gasteiger partial charge >= 0.3 is 0 Å². The van der Waals surface area contributed by atoms with Gasteiger partial charge in [0.2, 0.25) is 0 Å². The number of aliphatic hydroxyl groups is 3. The van der Waals surface area contributed by atoms with Gasteiger partial charge in [0, 0.05) is 19.3 Å². The zero-order chi connectivity index (χ0) is 14.3. The third-order valence-electron chi connectivity index (χ3n) is 3.29. The summed E-state index contributed by atoms with van der Waals surface area (Å²) < 4.78 is 7.20. The monoisotopic (exact) mass is 300 g/mol. The van der Waals surface area contributed by atoms with Gasteiger partial charge < -0.3 is 25.4 Å². The van der Waals surface area contributed by atoms with Crippen LogP contribution in [-0.2, 0) is 11.8 Å². The number of anilines is 1. The van der Waals surface area contributed by atoms with Crippen LogP contribution >= 0.6 is 11.8 Å². The van der Waals surface area contributed by atoms with E-state index in [2.05, 4.69) is 15.4 Å². The lowest BCUT2D eigenvalue weighted by atomic mass is 9.99. The second-order valence-electron chi connectivity index (χ2n) is 4.75. The molecule has 9 heteroatoms. The Labute approximate surface area is 119 Å². The standard InChI is InChI=1S/C11H16N4O4S/c1-15-3-2-6(14-15)12-11-13-7-9(18)8(17)5(4-16)19-10(7)20-11/h2-3,5,7-10,16-18H,4H2,1H3,(H,12,13,14)/t5-,7-,8-,9-,10-/m1/s1. The summed E-state index contributed by atoms with van der Waals surface area (Å²) in [6.45, 7) is -0.342.